The molecule has 0 heterocycles. The van der Waals surface area contributed by atoms with Crippen LogP contribution >= 0.6 is 0 Å². The minimum Gasteiger partial charge on any atom is -0.500 e. The van der Waals surface area contributed by atoms with Gasteiger partial charge in [0.2, 0.25) is 0 Å². The zero-order valence-corrected chi connectivity index (χ0v) is 11.3. The Balaban J connectivity index is 0.00000137. The predicted molar refractivity (Wildman–Crippen MR) is 66.0 cm³/mol. The highest BCUT2D eigenvalue weighted by atomic mass is 16.5. The first-order valence-corrected chi connectivity index (χ1v) is 6.07. The molecule has 1 aliphatic carbocycles. The van der Waals surface area contributed by atoms with Crippen molar-refractivity contribution in [3.05, 3.63) is 11.3 Å². The fraction of sp³-hybridized carbons (Fsp3) is 0.615. The normalized spacial score (nSPS) is 18.9. The van der Waals surface area contributed by atoms with Crippen molar-refractivity contribution in [2.24, 2.45) is 5.92 Å². The van der Waals surface area contributed by atoms with Crippen LogP contribution in [0.5, 0.6) is 0 Å². The summed E-state index contributed by atoms with van der Waals surface area (Å²) in [5.41, 5.74) is 0.0440. The minimum absolute atomic E-state index is 0.0440. The molecule has 1 atom stereocenters. The van der Waals surface area contributed by atoms with Crippen LogP contribution in [0, 0.1) is 5.92 Å². The zero-order chi connectivity index (χ0) is 14.3. The molecule has 0 bridgehead atoms. The third-order valence-corrected chi connectivity index (χ3v) is 2.62. The van der Waals surface area contributed by atoms with Gasteiger partial charge in [0.25, 0.3) is 0 Å². The summed E-state index contributed by atoms with van der Waals surface area (Å²) in [5, 5.41) is 8.84. The molecule has 0 aromatic rings. The molecule has 0 aliphatic heterocycles. The van der Waals surface area contributed by atoms with E-state index >= 15 is 0 Å². The predicted octanol–water partition coefficient (Wildman–Crippen LogP) is 1.96. The van der Waals surface area contributed by atoms with Gasteiger partial charge in [-0.3, -0.25) is 14.4 Å². The van der Waals surface area contributed by atoms with Gasteiger partial charge in [0.05, 0.1) is 18.6 Å². The molecule has 0 fully saturated rings. The molecule has 1 N–H and O–H groups in total. The number of hydrogen-bond donors (Lipinski definition) is 1. The first-order chi connectivity index (χ1) is 8.51. The summed E-state index contributed by atoms with van der Waals surface area (Å²) in [4.78, 5) is 34.0. The first-order valence-electron chi connectivity index (χ1n) is 6.07. The second-order valence-electron chi connectivity index (χ2n) is 3.65. The van der Waals surface area contributed by atoms with Crippen LogP contribution in [0.4, 0.5) is 0 Å². The van der Waals surface area contributed by atoms with E-state index in [1.54, 1.807) is 6.92 Å². The van der Waals surface area contributed by atoms with Crippen molar-refractivity contribution in [2.75, 3.05) is 7.11 Å². The Kier molecular flexibility index (Phi) is 6.93. The summed E-state index contributed by atoms with van der Waals surface area (Å²) in [5.74, 6) is -2.33. The third kappa shape index (κ3) is 3.68. The van der Waals surface area contributed by atoms with E-state index in [9.17, 15) is 14.4 Å². The number of ketones is 2. The standard InChI is InChI=1S/C11H14O5.C2H6/c1-3-7(12)10-8(13)4-6(11(14)15)5-9(10)16-2;1-2/h6H,3-5H2,1-2H3,(H,14,15);1-2H3. The van der Waals surface area contributed by atoms with Crippen LogP contribution in [-0.2, 0) is 19.1 Å². The maximum atomic E-state index is 11.7. The SMILES string of the molecule is CC.CCC(=O)C1=C(OC)CC(C(=O)O)CC1=O. The number of Topliss-reactive ketones (excluding diaryl/α,β-unsaturated/α-hetero) is 2. The van der Waals surface area contributed by atoms with Gasteiger partial charge in [0.15, 0.2) is 11.6 Å². The molecule has 0 saturated carbocycles. The number of allylic oxidation sites excluding steroid dienone is 2. The van der Waals surface area contributed by atoms with Gasteiger partial charge in [0.1, 0.15) is 5.76 Å². The van der Waals surface area contributed by atoms with Gasteiger partial charge in [0, 0.05) is 19.3 Å². The lowest BCUT2D eigenvalue weighted by Gasteiger charge is -2.21. The number of ether oxygens (including phenoxy) is 1. The second kappa shape index (κ2) is 7.63. The highest BCUT2D eigenvalue weighted by molar-refractivity contribution is 6.21. The topological polar surface area (TPSA) is 80.7 Å². The lowest BCUT2D eigenvalue weighted by Crippen LogP contribution is -2.28. The number of hydrogen-bond acceptors (Lipinski definition) is 4. The van der Waals surface area contributed by atoms with Gasteiger partial charge in [-0.2, -0.15) is 0 Å². The van der Waals surface area contributed by atoms with Crippen molar-refractivity contribution in [1.29, 1.82) is 0 Å². The molecule has 0 aromatic heterocycles. The van der Waals surface area contributed by atoms with Crippen molar-refractivity contribution in [2.45, 2.75) is 40.0 Å². The van der Waals surface area contributed by atoms with Crippen molar-refractivity contribution in [1.82, 2.24) is 0 Å². The maximum Gasteiger partial charge on any atom is 0.307 e. The van der Waals surface area contributed by atoms with Gasteiger partial charge in [-0.05, 0) is 0 Å². The summed E-state index contributed by atoms with van der Waals surface area (Å²) in [6, 6.07) is 0. The molecule has 18 heavy (non-hydrogen) atoms. The van der Waals surface area contributed by atoms with Crippen molar-refractivity contribution >= 4 is 17.5 Å². The van der Waals surface area contributed by atoms with E-state index in [4.69, 9.17) is 9.84 Å². The van der Waals surface area contributed by atoms with Crippen LogP contribution in [-0.4, -0.2) is 29.8 Å². The Hall–Kier alpha value is -1.65. The van der Waals surface area contributed by atoms with Crippen molar-refractivity contribution in [3.8, 4) is 0 Å². The molecular weight excluding hydrogens is 236 g/mol. The average Bonchev–Trinajstić information content (AvgIpc) is 2.39. The maximum absolute atomic E-state index is 11.7. The Morgan fingerprint density at radius 3 is 2.28 bits per heavy atom. The van der Waals surface area contributed by atoms with E-state index < -0.39 is 17.7 Å². The average molecular weight is 256 g/mol. The molecule has 0 aromatic carbocycles. The zero-order valence-electron chi connectivity index (χ0n) is 11.3. The molecule has 5 heteroatoms. The molecule has 0 amide bonds. The van der Waals surface area contributed by atoms with Gasteiger partial charge in [-0.15, -0.1) is 0 Å². The molecule has 0 saturated heterocycles. The van der Waals surface area contributed by atoms with Crippen LogP contribution in [0.25, 0.3) is 0 Å². The number of aliphatic carboxylic acids is 1. The van der Waals surface area contributed by atoms with E-state index in [2.05, 4.69) is 0 Å². The number of methoxy groups -OCH3 is 1. The number of rotatable bonds is 4. The Labute approximate surface area is 107 Å². The summed E-state index contributed by atoms with van der Waals surface area (Å²) in [6.07, 6.45) is 0.202. The van der Waals surface area contributed by atoms with Crippen LogP contribution in [0.2, 0.25) is 0 Å². The van der Waals surface area contributed by atoms with Crippen LogP contribution in [0.1, 0.15) is 40.0 Å². The number of carboxylic acids is 1. The molecule has 1 unspecified atom stereocenters. The molecular formula is C13H20O5. The largest absolute Gasteiger partial charge is 0.500 e. The van der Waals surface area contributed by atoms with Crippen LogP contribution in [0.15, 0.2) is 11.3 Å². The van der Waals surface area contributed by atoms with E-state index in [-0.39, 0.29) is 36.4 Å². The lowest BCUT2D eigenvalue weighted by molar-refractivity contribution is -0.144. The molecule has 5 nitrogen and oxygen atoms in total. The summed E-state index contributed by atoms with van der Waals surface area (Å²) in [7, 11) is 1.34. The second-order valence-corrected chi connectivity index (χ2v) is 3.65. The van der Waals surface area contributed by atoms with Crippen LogP contribution < -0.4 is 0 Å². The van der Waals surface area contributed by atoms with E-state index in [0.29, 0.717) is 0 Å². The molecule has 1 aliphatic rings. The fourth-order valence-electron chi connectivity index (χ4n) is 1.73. The van der Waals surface area contributed by atoms with E-state index in [1.807, 2.05) is 13.8 Å². The third-order valence-electron chi connectivity index (χ3n) is 2.62. The highest BCUT2D eigenvalue weighted by Gasteiger charge is 2.34. The smallest absolute Gasteiger partial charge is 0.307 e. The Morgan fingerprint density at radius 2 is 1.89 bits per heavy atom. The number of carboxylic acid groups (broad SMARTS) is 1. The minimum atomic E-state index is -1.04. The summed E-state index contributed by atoms with van der Waals surface area (Å²) >= 11 is 0. The van der Waals surface area contributed by atoms with E-state index in [0.717, 1.165) is 0 Å². The Morgan fingerprint density at radius 1 is 1.33 bits per heavy atom. The summed E-state index contributed by atoms with van der Waals surface area (Å²) < 4.78 is 4.95. The van der Waals surface area contributed by atoms with Crippen molar-refractivity contribution in [3.63, 3.8) is 0 Å². The first kappa shape index (κ1) is 16.4. The number of carbonyl (C=O) groups is 3. The quantitative estimate of drug-likeness (QED) is 0.777. The molecule has 0 spiro atoms. The molecule has 0 radical (unpaired) electrons. The van der Waals surface area contributed by atoms with Crippen molar-refractivity contribution < 1.29 is 24.2 Å². The van der Waals surface area contributed by atoms with E-state index in [1.165, 1.54) is 7.11 Å². The Bertz CT molecular complexity index is 368. The molecule has 102 valence electrons. The van der Waals surface area contributed by atoms with Crippen LogP contribution in [0.3, 0.4) is 0 Å². The fourth-order valence-corrected chi connectivity index (χ4v) is 1.73. The van der Waals surface area contributed by atoms with Gasteiger partial charge >= 0.3 is 5.97 Å². The summed E-state index contributed by atoms with van der Waals surface area (Å²) in [6.45, 7) is 5.65. The lowest BCUT2D eigenvalue weighted by atomic mass is 9.85. The monoisotopic (exact) mass is 256 g/mol. The van der Waals surface area contributed by atoms with Gasteiger partial charge in [-0.1, -0.05) is 20.8 Å². The van der Waals surface area contributed by atoms with Gasteiger partial charge in [-0.25, -0.2) is 0 Å². The highest BCUT2D eigenvalue weighted by Crippen LogP contribution is 2.28. The molecule has 1 rings (SSSR count). The number of carbonyl (C=O) groups excluding carboxylic acids is 2. The van der Waals surface area contributed by atoms with Gasteiger partial charge < -0.3 is 9.84 Å².